The highest BCUT2D eigenvalue weighted by molar-refractivity contribution is 9.10. The topological polar surface area (TPSA) is 55.1 Å². The molecule has 0 bridgehead atoms. The minimum atomic E-state index is -0.525. The molecule has 0 aromatic heterocycles. The van der Waals surface area contributed by atoms with Crippen molar-refractivity contribution in [1.29, 1.82) is 0 Å². The molecule has 1 amide bonds. The molecule has 0 aliphatic carbocycles. The van der Waals surface area contributed by atoms with Crippen LogP contribution < -0.4 is 11.1 Å². The summed E-state index contributed by atoms with van der Waals surface area (Å²) in [6.07, 6.45) is 0. The van der Waals surface area contributed by atoms with Crippen LogP contribution in [0.3, 0.4) is 0 Å². The van der Waals surface area contributed by atoms with Gasteiger partial charge < -0.3 is 11.1 Å². The molecule has 1 aromatic carbocycles. The van der Waals surface area contributed by atoms with Crippen LogP contribution in [-0.2, 0) is 4.79 Å². The van der Waals surface area contributed by atoms with Crippen molar-refractivity contribution in [1.82, 2.24) is 5.32 Å². The molecule has 0 spiro atoms. The number of halogens is 2. The SMILES string of the molecule is CNC(C(N)=O)c1cc(Cl)ccc1Br. The van der Waals surface area contributed by atoms with Gasteiger partial charge in [-0.05, 0) is 30.8 Å². The van der Waals surface area contributed by atoms with Gasteiger partial charge in [0.2, 0.25) is 5.91 Å². The summed E-state index contributed by atoms with van der Waals surface area (Å²) in [5.41, 5.74) is 5.98. The maximum absolute atomic E-state index is 11.1. The van der Waals surface area contributed by atoms with Crippen molar-refractivity contribution in [3.63, 3.8) is 0 Å². The van der Waals surface area contributed by atoms with Gasteiger partial charge in [0.25, 0.3) is 0 Å². The number of carbonyl (C=O) groups is 1. The van der Waals surface area contributed by atoms with Gasteiger partial charge in [-0.3, -0.25) is 4.79 Å². The second-order valence-corrected chi connectivity index (χ2v) is 4.08. The van der Waals surface area contributed by atoms with E-state index in [1.165, 1.54) is 0 Å². The van der Waals surface area contributed by atoms with Crippen LogP contribution in [0.4, 0.5) is 0 Å². The van der Waals surface area contributed by atoms with Crippen LogP contribution in [0.15, 0.2) is 22.7 Å². The monoisotopic (exact) mass is 276 g/mol. The minimum absolute atomic E-state index is 0.435. The smallest absolute Gasteiger partial charge is 0.239 e. The van der Waals surface area contributed by atoms with Crippen LogP contribution in [0.25, 0.3) is 0 Å². The van der Waals surface area contributed by atoms with E-state index in [4.69, 9.17) is 17.3 Å². The normalized spacial score (nSPS) is 12.5. The van der Waals surface area contributed by atoms with Crippen LogP contribution >= 0.6 is 27.5 Å². The average molecular weight is 278 g/mol. The van der Waals surface area contributed by atoms with E-state index in [1.54, 1.807) is 25.2 Å². The number of hydrogen-bond acceptors (Lipinski definition) is 2. The van der Waals surface area contributed by atoms with Gasteiger partial charge >= 0.3 is 0 Å². The molecular formula is C9H10BrClN2O. The number of likely N-dealkylation sites (N-methyl/N-ethyl adjacent to an activating group) is 1. The van der Waals surface area contributed by atoms with Crippen LogP contribution in [-0.4, -0.2) is 13.0 Å². The summed E-state index contributed by atoms with van der Waals surface area (Å²) in [5, 5.41) is 3.40. The largest absolute Gasteiger partial charge is 0.368 e. The highest BCUT2D eigenvalue weighted by Crippen LogP contribution is 2.26. The Balaban J connectivity index is 3.15. The van der Waals surface area contributed by atoms with Gasteiger partial charge in [0.1, 0.15) is 6.04 Å². The molecule has 3 N–H and O–H groups in total. The zero-order valence-electron chi connectivity index (χ0n) is 7.55. The molecule has 5 heteroatoms. The van der Waals surface area contributed by atoms with Gasteiger partial charge in [0, 0.05) is 9.50 Å². The molecule has 1 unspecified atom stereocenters. The van der Waals surface area contributed by atoms with Crippen molar-refractivity contribution < 1.29 is 4.79 Å². The Morgan fingerprint density at radius 3 is 2.79 bits per heavy atom. The summed E-state index contributed by atoms with van der Waals surface area (Å²) in [6, 6.07) is 4.70. The fraction of sp³-hybridized carbons (Fsp3) is 0.222. The molecule has 14 heavy (non-hydrogen) atoms. The lowest BCUT2D eigenvalue weighted by atomic mass is 10.1. The summed E-state index contributed by atoms with van der Waals surface area (Å²) in [4.78, 5) is 11.1. The number of hydrogen-bond donors (Lipinski definition) is 2. The number of nitrogens with two attached hydrogens (primary N) is 1. The lowest BCUT2D eigenvalue weighted by Gasteiger charge is -2.14. The Morgan fingerprint density at radius 2 is 2.29 bits per heavy atom. The Kier molecular flexibility index (Phi) is 3.92. The molecule has 0 heterocycles. The number of benzene rings is 1. The summed E-state index contributed by atoms with van der Waals surface area (Å²) in [5.74, 6) is -0.435. The molecule has 3 nitrogen and oxygen atoms in total. The molecule has 0 fully saturated rings. The van der Waals surface area contributed by atoms with Gasteiger partial charge in [0.15, 0.2) is 0 Å². The molecule has 0 saturated heterocycles. The maximum Gasteiger partial charge on any atom is 0.239 e. The molecule has 76 valence electrons. The van der Waals surface area contributed by atoms with Gasteiger partial charge in [-0.15, -0.1) is 0 Å². The van der Waals surface area contributed by atoms with Crippen molar-refractivity contribution in [3.05, 3.63) is 33.3 Å². The summed E-state index contributed by atoms with van der Waals surface area (Å²) < 4.78 is 0.806. The van der Waals surface area contributed by atoms with Crippen LogP contribution in [0.5, 0.6) is 0 Å². The van der Waals surface area contributed by atoms with E-state index in [0.717, 1.165) is 10.0 Å². The second-order valence-electron chi connectivity index (χ2n) is 2.79. The third-order valence-corrected chi connectivity index (χ3v) is 2.80. The summed E-state index contributed by atoms with van der Waals surface area (Å²) in [7, 11) is 1.67. The Bertz CT molecular complexity index is 357. The van der Waals surface area contributed by atoms with E-state index >= 15 is 0 Å². The highest BCUT2D eigenvalue weighted by Gasteiger charge is 2.18. The Labute approximate surface area is 95.7 Å². The van der Waals surface area contributed by atoms with Crippen LogP contribution in [0, 0.1) is 0 Å². The van der Waals surface area contributed by atoms with Gasteiger partial charge in [-0.25, -0.2) is 0 Å². The number of rotatable bonds is 3. The van der Waals surface area contributed by atoms with E-state index in [2.05, 4.69) is 21.2 Å². The maximum atomic E-state index is 11.1. The molecule has 1 aromatic rings. The van der Waals surface area contributed by atoms with E-state index in [0.29, 0.717) is 5.02 Å². The molecule has 1 atom stereocenters. The van der Waals surface area contributed by atoms with Crippen molar-refractivity contribution in [2.24, 2.45) is 5.73 Å². The zero-order valence-corrected chi connectivity index (χ0v) is 9.89. The molecule has 0 radical (unpaired) electrons. The minimum Gasteiger partial charge on any atom is -0.368 e. The van der Waals surface area contributed by atoms with Crippen molar-refractivity contribution >= 4 is 33.4 Å². The van der Waals surface area contributed by atoms with E-state index in [9.17, 15) is 4.79 Å². The molecular weight excluding hydrogens is 267 g/mol. The van der Waals surface area contributed by atoms with Crippen molar-refractivity contribution in [2.45, 2.75) is 6.04 Å². The lowest BCUT2D eigenvalue weighted by Crippen LogP contribution is -2.31. The van der Waals surface area contributed by atoms with Gasteiger partial charge in [-0.2, -0.15) is 0 Å². The highest BCUT2D eigenvalue weighted by atomic mass is 79.9. The third kappa shape index (κ3) is 2.47. The molecule has 0 aliphatic heterocycles. The van der Waals surface area contributed by atoms with Gasteiger partial charge in [-0.1, -0.05) is 27.5 Å². The van der Waals surface area contributed by atoms with Crippen molar-refractivity contribution in [3.8, 4) is 0 Å². The zero-order chi connectivity index (χ0) is 10.7. The van der Waals surface area contributed by atoms with Crippen LogP contribution in [0.2, 0.25) is 5.02 Å². The second kappa shape index (κ2) is 4.77. The predicted molar refractivity (Wildman–Crippen MR) is 60.1 cm³/mol. The standard InChI is InChI=1S/C9H10BrClN2O/c1-13-8(9(12)14)6-4-5(11)2-3-7(6)10/h2-4,8,13H,1H3,(H2,12,14). The fourth-order valence-electron chi connectivity index (χ4n) is 1.19. The predicted octanol–water partition coefficient (Wildman–Crippen LogP) is 1.85. The van der Waals surface area contributed by atoms with E-state index in [1.807, 2.05) is 0 Å². The molecule has 0 saturated carbocycles. The third-order valence-electron chi connectivity index (χ3n) is 1.84. The fourth-order valence-corrected chi connectivity index (χ4v) is 1.84. The van der Waals surface area contributed by atoms with Gasteiger partial charge in [0.05, 0.1) is 0 Å². The summed E-state index contributed by atoms with van der Waals surface area (Å²) >= 11 is 9.16. The quantitative estimate of drug-likeness (QED) is 0.886. The number of nitrogens with one attached hydrogen (secondary N) is 1. The number of carbonyl (C=O) groups excluding carboxylic acids is 1. The van der Waals surface area contributed by atoms with E-state index < -0.39 is 11.9 Å². The molecule has 0 aliphatic rings. The van der Waals surface area contributed by atoms with Crippen molar-refractivity contribution in [2.75, 3.05) is 7.05 Å². The number of amides is 1. The Hall–Kier alpha value is -0.580. The first-order chi connectivity index (χ1) is 6.56. The van der Waals surface area contributed by atoms with E-state index in [-0.39, 0.29) is 0 Å². The first kappa shape index (κ1) is 11.5. The first-order valence-electron chi connectivity index (χ1n) is 3.97. The van der Waals surface area contributed by atoms with Crippen LogP contribution in [0.1, 0.15) is 11.6 Å². The first-order valence-corrected chi connectivity index (χ1v) is 5.15. The summed E-state index contributed by atoms with van der Waals surface area (Å²) in [6.45, 7) is 0. The average Bonchev–Trinajstić information content (AvgIpc) is 2.11. The molecule has 1 rings (SSSR count). The lowest BCUT2D eigenvalue weighted by molar-refractivity contribution is -0.120. The number of primary amides is 1. The Morgan fingerprint density at radius 1 is 1.64 bits per heavy atom.